The maximum atomic E-state index is 12.6. The zero-order chi connectivity index (χ0) is 21.8. The number of rotatable bonds is 4. The van der Waals surface area contributed by atoms with Crippen LogP contribution in [0.25, 0.3) is 0 Å². The summed E-state index contributed by atoms with van der Waals surface area (Å²) in [6.45, 7) is 10.3. The minimum atomic E-state index is -0.469. The lowest BCUT2D eigenvalue weighted by Gasteiger charge is -2.35. The Balaban J connectivity index is 1.36. The van der Waals surface area contributed by atoms with Crippen LogP contribution in [-0.2, 0) is 24.2 Å². The molecule has 2 aromatic rings. The Morgan fingerprint density at radius 3 is 2.48 bits per heavy atom. The van der Waals surface area contributed by atoms with E-state index < -0.39 is 5.60 Å². The first-order chi connectivity index (χ1) is 14.9. The van der Waals surface area contributed by atoms with Crippen LogP contribution < -0.4 is 5.32 Å². The van der Waals surface area contributed by atoms with Crippen molar-refractivity contribution in [2.75, 3.05) is 25.0 Å². The summed E-state index contributed by atoms with van der Waals surface area (Å²) in [7, 11) is 0. The molecule has 1 N–H and O–H groups in total. The van der Waals surface area contributed by atoms with Crippen LogP contribution in [0.2, 0.25) is 0 Å². The van der Waals surface area contributed by atoms with Crippen molar-refractivity contribution in [3.8, 4) is 0 Å². The van der Waals surface area contributed by atoms with Crippen molar-refractivity contribution in [1.82, 2.24) is 9.80 Å². The van der Waals surface area contributed by atoms with E-state index in [2.05, 4.69) is 58.7 Å². The smallest absolute Gasteiger partial charge is 0.410 e. The quantitative estimate of drug-likeness (QED) is 0.750. The van der Waals surface area contributed by atoms with E-state index in [0.717, 1.165) is 38.9 Å². The summed E-state index contributed by atoms with van der Waals surface area (Å²) >= 11 is 0. The number of anilines is 1. The molecule has 1 fully saturated rings. The number of fused-ring (bicyclic) bond motifs is 1. The maximum Gasteiger partial charge on any atom is 0.410 e. The van der Waals surface area contributed by atoms with Crippen molar-refractivity contribution in [3.05, 3.63) is 65.2 Å². The number of piperidine rings is 1. The lowest BCUT2D eigenvalue weighted by molar-refractivity contribution is 0.0224. The number of nitrogens with one attached hydrogen (secondary N) is 1. The van der Waals surface area contributed by atoms with Gasteiger partial charge in [0.05, 0.1) is 6.54 Å². The normalized spacial score (nSPS) is 17.8. The van der Waals surface area contributed by atoms with E-state index in [1.54, 1.807) is 0 Å². The molecule has 5 nitrogen and oxygen atoms in total. The molecule has 0 atom stereocenters. The Morgan fingerprint density at radius 1 is 1.03 bits per heavy atom. The summed E-state index contributed by atoms with van der Waals surface area (Å²) in [6, 6.07) is 17.7. The second-order valence-corrected chi connectivity index (χ2v) is 9.78. The van der Waals surface area contributed by atoms with Gasteiger partial charge in [-0.25, -0.2) is 4.79 Å². The zero-order valence-electron chi connectivity index (χ0n) is 19.1. The van der Waals surface area contributed by atoms with Crippen LogP contribution in [0.5, 0.6) is 0 Å². The fourth-order valence-electron chi connectivity index (χ4n) is 4.50. The van der Waals surface area contributed by atoms with Gasteiger partial charge in [0.1, 0.15) is 5.60 Å². The first kappa shape index (κ1) is 21.7. The molecule has 0 unspecified atom stereocenters. The fraction of sp³-hybridized carbons (Fsp3) is 0.500. The molecule has 2 aliphatic heterocycles. The van der Waals surface area contributed by atoms with E-state index in [1.165, 1.54) is 22.4 Å². The van der Waals surface area contributed by atoms with Crippen molar-refractivity contribution in [1.29, 1.82) is 0 Å². The van der Waals surface area contributed by atoms with Crippen LogP contribution in [0.1, 0.15) is 50.3 Å². The molecule has 4 rings (SSSR count). The molecule has 0 radical (unpaired) electrons. The van der Waals surface area contributed by atoms with Gasteiger partial charge in [-0.1, -0.05) is 42.5 Å². The molecule has 0 saturated carbocycles. The summed E-state index contributed by atoms with van der Waals surface area (Å²) in [4.78, 5) is 17.0. The highest BCUT2D eigenvalue weighted by atomic mass is 16.6. The Kier molecular flexibility index (Phi) is 6.51. The van der Waals surface area contributed by atoms with Crippen LogP contribution in [0.15, 0.2) is 48.5 Å². The Hall–Kier alpha value is -2.53. The third kappa shape index (κ3) is 5.79. The van der Waals surface area contributed by atoms with Crippen LogP contribution in [0.4, 0.5) is 10.5 Å². The molecule has 31 heavy (non-hydrogen) atoms. The van der Waals surface area contributed by atoms with Gasteiger partial charge in [-0.2, -0.15) is 0 Å². The highest BCUT2D eigenvalue weighted by Crippen LogP contribution is 2.29. The van der Waals surface area contributed by atoms with Gasteiger partial charge in [0, 0.05) is 37.9 Å². The van der Waals surface area contributed by atoms with Gasteiger partial charge in [0.2, 0.25) is 0 Å². The third-order valence-electron chi connectivity index (χ3n) is 6.12. The van der Waals surface area contributed by atoms with Crippen LogP contribution in [-0.4, -0.2) is 47.2 Å². The van der Waals surface area contributed by atoms with Crippen LogP contribution >= 0.6 is 0 Å². The molecule has 2 aromatic carbocycles. The van der Waals surface area contributed by atoms with E-state index >= 15 is 0 Å². The molecule has 0 spiro atoms. The first-order valence-electron chi connectivity index (χ1n) is 11.5. The van der Waals surface area contributed by atoms with Crippen molar-refractivity contribution in [2.45, 2.75) is 64.8 Å². The molecule has 166 valence electrons. The molecule has 0 aliphatic carbocycles. The predicted octanol–water partition coefficient (Wildman–Crippen LogP) is 5.06. The molecule has 0 aromatic heterocycles. The van der Waals surface area contributed by atoms with Crippen LogP contribution in [0, 0.1) is 0 Å². The van der Waals surface area contributed by atoms with Gasteiger partial charge in [-0.15, -0.1) is 0 Å². The van der Waals surface area contributed by atoms with Gasteiger partial charge in [-0.3, -0.25) is 4.90 Å². The summed E-state index contributed by atoms with van der Waals surface area (Å²) in [6.07, 6.45) is 2.92. The van der Waals surface area contributed by atoms with Crippen molar-refractivity contribution >= 4 is 11.8 Å². The molecule has 0 bridgehead atoms. The number of amides is 1. The number of nitrogens with zero attached hydrogens (tertiary/aromatic N) is 2. The van der Waals surface area contributed by atoms with Crippen molar-refractivity contribution < 1.29 is 9.53 Å². The number of hydrogen-bond donors (Lipinski definition) is 1. The Bertz CT molecular complexity index is 883. The maximum absolute atomic E-state index is 12.6. The molecule has 5 heteroatoms. The van der Waals surface area contributed by atoms with E-state index in [-0.39, 0.29) is 6.09 Å². The Labute approximate surface area is 186 Å². The standard InChI is InChI=1S/C26H35N3O2/c1-26(2,3)31-25(30)29-17-12-21-10-7-11-24(23(21)19-29)27-22-13-15-28(16-14-22)18-20-8-5-4-6-9-20/h4-11,22,27H,12-19H2,1-3H3. The molecular formula is C26H35N3O2. The van der Waals surface area contributed by atoms with Gasteiger partial charge >= 0.3 is 6.09 Å². The van der Waals surface area contributed by atoms with Gasteiger partial charge in [-0.05, 0) is 62.8 Å². The lowest BCUT2D eigenvalue weighted by atomic mass is 9.96. The number of carbonyl (C=O) groups is 1. The molecular weight excluding hydrogens is 386 g/mol. The van der Waals surface area contributed by atoms with Gasteiger partial charge in [0.25, 0.3) is 0 Å². The minimum Gasteiger partial charge on any atom is -0.444 e. The van der Waals surface area contributed by atoms with E-state index in [0.29, 0.717) is 19.1 Å². The molecule has 2 aliphatic rings. The fourth-order valence-corrected chi connectivity index (χ4v) is 4.50. The van der Waals surface area contributed by atoms with E-state index in [1.807, 2.05) is 25.7 Å². The average molecular weight is 422 g/mol. The number of benzene rings is 2. The Morgan fingerprint density at radius 2 is 1.77 bits per heavy atom. The average Bonchev–Trinajstić information content (AvgIpc) is 2.74. The first-order valence-corrected chi connectivity index (χ1v) is 11.5. The zero-order valence-corrected chi connectivity index (χ0v) is 19.1. The topological polar surface area (TPSA) is 44.8 Å². The lowest BCUT2D eigenvalue weighted by Crippen LogP contribution is -2.41. The molecule has 1 amide bonds. The monoisotopic (exact) mass is 421 g/mol. The van der Waals surface area contributed by atoms with Crippen molar-refractivity contribution in [3.63, 3.8) is 0 Å². The molecule has 2 heterocycles. The second kappa shape index (κ2) is 9.31. The summed E-state index contributed by atoms with van der Waals surface area (Å²) < 4.78 is 5.60. The number of carbonyl (C=O) groups excluding carboxylic acids is 1. The highest BCUT2D eigenvalue weighted by Gasteiger charge is 2.28. The third-order valence-corrected chi connectivity index (χ3v) is 6.12. The summed E-state index contributed by atoms with van der Waals surface area (Å²) in [5.41, 5.74) is 4.67. The largest absolute Gasteiger partial charge is 0.444 e. The van der Waals surface area contributed by atoms with E-state index in [9.17, 15) is 4.79 Å². The van der Waals surface area contributed by atoms with Crippen molar-refractivity contribution in [2.24, 2.45) is 0 Å². The number of likely N-dealkylation sites (tertiary alicyclic amines) is 1. The highest BCUT2D eigenvalue weighted by molar-refractivity contribution is 5.70. The number of ether oxygens (including phenoxy) is 1. The number of hydrogen-bond acceptors (Lipinski definition) is 4. The van der Waals surface area contributed by atoms with Gasteiger partial charge < -0.3 is 15.0 Å². The summed E-state index contributed by atoms with van der Waals surface area (Å²) in [5.74, 6) is 0. The SMILES string of the molecule is CC(C)(C)OC(=O)N1CCc2cccc(NC3CCN(Cc4ccccc4)CC3)c2C1. The van der Waals surface area contributed by atoms with Gasteiger partial charge in [0.15, 0.2) is 0 Å². The second-order valence-electron chi connectivity index (χ2n) is 9.78. The van der Waals surface area contributed by atoms with Crippen LogP contribution in [0.3, 0.4) is 0 Å². The van der Waals surface area contributed by atoms with E-state index in [4.69, 9.17) is 4.74 Å². The molecule has 1 saturated heterocycles. The minimum absolute atomic E-state index is 0.220. The summed E-state index contributed by atoms with van der Waals surface area (Å²) in [5, 5.41) is 3.80. The predicted molar refractivity (Wildman–Crippen MR) is 125 cm³/mol.